The van der Waals surface area contributed by atoms with Gasteiger partial charge >= 0.3 is 0 Å². The van der Waals surface area contributed by atoms with Crippen LogP contribution in [0.3, 0.4) is 0 Å². The van der Waals surface area contributed by atoms with Gasteiger partial charge in [0.25, 0.3) is 0 Å². The van der Waals surface area contributed by atoms with Gasteiger partial charge in [-0.2, -0.15) is 0 Å². The maximum Gasteiger partial charge on any atom is 0.238 e. The summed E-state index contributed by atoms with van der Waals surface area (Å²) in [6, 6.07) is 13.2. The standard InChI is InChI=1S/C24H30N4O3/c1-17-5-4-6-22(18(17)2)26-23(30)16-27-11-13-28(14-12-27)24(31)15-20-7-9-21(10-8-20)25-19(3)29/h4-10H,11-16H2,1-3H3,(H,25,29)(H,26,30). The summed E-state index contributed by atoms with van der Waals surface area (Å²) < 4.78 is 0. The number of nitrogens with zero attached hydrogens (tertiary/aromatic N) is 2. The molecule has 1 heterocycles. The van der Waals surface area contributed by atoms with Crippen molar-refractivity contribution in [2.75, 3.05) is 43.4 Å². The molecule has 0 radical (unpaired) electrons. The van der Waals surface area contributed by atoms with E-state index >= 15 is 0 Å². The molecule has 31 heavy (non-hydrogen) atoms. The number of anilines is 2. The lowest BCUT2D eigenvalue weighted by atomic mass is 10.1. The van der Waals surface area contributed by atoms with E-state index in [1.165, 1.54) is 6.92 Å². The van der Waals surface area contributed by atoms with Crippen LogP contribution < -0.4 is 10.6 Å². The zero-order chi connectivity index (χ0) is 22.4. The van der Waals surface area contributed by atoms with Gasteiger partial charge < -0.3 is 15.5 Å². The van der Waals surface area contributed by atoms with E-state index < -0.39 is 0 Å². The third-order valence-electron chi connectivity index (χ3n) is 5.60. The van der Waals surface area contributed by atoms with E-state index in [1.54, 1.807) is 12.1 Å². The van der Waals surface area contributed by atoms with Crippen LogP contribution in [0.2, 0.25) is 0 Å². The first-order chi connectivity index (χ1) is 14.8. The van der Waals surface area contributed by atoms with E-state index in [0.29, 0.717) is 39.1 Å². The predicted molar refractivity (Wildman–Crippen MR) is 122 cm³/mol. The van der Waals surface area contributed by atoms with Gasteiger partial charge in [-0.25, -0.2) is 0 Å². The predicted octanol–water partition coefficient (Wildman–Crippen LogP) is 2.59. The van der Waals surface area contributed by atoms with Gasteiger partial charge in [0.15, 0.2) is 0 Å². The van der Waals surface area contributed by atoms with E-state index in [2.05, 4.69) is 15.5 Å². The van der Waals surface area contributed by atoms with Crippen LogP contribution in [0.4, 0.5) is 11.4 Å². The second-order valence-electron chi connectivity index (χ2n) is 8.01. The molecule has 164 valence electrons. The van der Waals surface area contributed by atoms with Crippen molar-refractivity contribution in [3.8, 4) is 0 Å². The van der Waals surface area contributed by atoms with Crippen LogP contribution in [0.15, 0.2) is 42.5 Å². The second kappa shape index (κ2) is 10.2. The van der Waals surface area contributed by atoms with E-state index in [9.17, 15) is 14.4 Å². The molecule has 2 aromatic carbocycles. The molecular formula is C24H30N4O3. The largest absolute Gasteiger partial charge is 0.340 e. The maximum absolute atomic E-state index is 12.6. The highest BCUT2D eigenvalue weighted by Crippen LogP contribution is 2.18. The quantitative estimate of drug-likeness (QED) is 0.750. The molecule has 0 spiro atoms. The van der Waals surface area contributed by atoms with Crippen LogP contribution in [0.5, 0.6) is 0 Å². The normalized spacial score (nSPS) is 14.2. The summed E-state index contributed by atoms with van der Waals surface area (Å²) in [5.74, 6) is -0.0797. The van der Waals surface area contributed by atoms with Gasteiger partial charge in [0, 0.05) is 44.5 Å². The summed E-state index contributed by atoms with van der Waals surface area (Å²) >= 11 is 0. The highest BCUT2D eigenvalue weighted by atomic mass is 16.2. The zero-order valence-electron chi connectivity index (χ0n) is 18.4. The molecular weight excluding hydrogens is 392 g/mol. The Labute approximate surface area is 183 Å². The number of carbonyl (C=O) groups is 3. The Morgan fingerprint density at radius 3 is 2.23 bits per heavy atom. The van der Waals surface area contributed by atoms with Crippen molar-refractivity contribution in [1.29, 1.82) is 0 Å². The zero-order valence-corrected chi connectivity index (χ0v) is 18.4. The van der Waals surface area contributed by atoms with E-state index in [1.807, 2.05) is 49.1 Å². The number of hydrogen-bond donors (Lipinski definition) is 2. The SMILES string of the molecule is CC(=O)Nc1ccc(CC(=O)N2CCN(CC(=O)Nc3cccc(C)c3C)CC2)cc1. The molecule has 0 bridgehead atoms. The summed E-state index contributed by atoms with van der Waals surface area (Å²) in [7, 11) is 0. The van der Waals surface area contributed by atoms with E-state index in [-0.39, 0.29) is 17.7 Å². The van der Waals surface area contributed by atoms with Crippen LogP contribution in [0.25, 0.3) is 0 Å². The minimum Gasteiger partial charge on any atom is -0.340 e. The Balaban J connectivity index is 1.44. The van der Waals surface area contributed by atoms with Crippen LogP contribution in [-0.4, -0.2) is 60.2 Å². The number of piperazine rings is 1. The van der Waals surface area contributed by atoms with Gasteiger partial charge in [-0.15, -0.1) is 0 Å². The van der Waals surface area contributed by atoms with Crippen LogP contribution >= 0.6 is 0 Å². The number of nitrogens with one attached hydrogen (secondary N) is 2. The molecule has 0 saturated carbocycles. The molecule has 7 heteroatoms. The van der Waals surface area contributed by atoms with Crippen molar-refractivity contribution in [1.82, 2.24) is 9.80 Å². The number of aryl methyl sites for hydroxylation is 1. The Morgan fingerprint density at radius 2 is 1.58 bits per heavy atom. The fraction of sp³-hybridized carbons (Fsp3) is 0.375. The molecule has 3 amide bonds. The summed E-state index contributed by atoms with van der Waals surface area (Å²) in [4.78, 5) is 40.1. The van der Waals surface area contributed by atoms with Gasteiger partial charge in [-0.3, -0.25) is 19.3 Å². The van der Waals surface area contributed by atoms with Crippen molar-refractivity contribution in [3.05, 3.63) is 59.2 Å². The lowest BCUT2D eigenvalue weighted by Crippen LogP contribution is -2.50. The first-order valence-corrected chi connectivity index (χ1v) is 10.5. The molecule has 2 aromatic rings. The van der Waals surface area contributed by atoms with Gasteiger partial charge in [0.1, 0.15) is 0 Å². The Morgan fingerprint density at radius 1 is 0.903 bits per heavy atom. The lowest BCUT2D eigenvalue weighted by Gasteiger charge is -2.34. The van der Waals surface area contributed by atoms with Crippen LogP contribution in [0.1, 0.15) is 23.6 Å². The van der Waals surface area contributed by atoms with Gasteiger partial charge in [-0.1, -0.05) is 24.3 Å². The molecule has 7 nitrogen and oxygen atoms in total. The van der Waals surface area contributed by atoms with E-state index in [4.69, 9.17) is 0 Å². The topological polar surface area (TPSA) is 81.8 Å². The highest BCUT2D eigenvalue weighted by Gasteiger charge is 2.22. The summed E-state index contributed by atoms with van der Waals surface area (Å²) in [6.45, 7) is 8.38. The molecule has 0 aromatic heterocycles. The monoisotopic (exact) mass is 422 g/mol. The van der Waals surface area contributed by atoms with Crippen molar-refractivity contribution in [2.45, 2.75) is 27.2 Å². The molecule has 1 aliphatic heterocycles. The van der Waals surface area contributed by atoms with Crippen molar-refractivity contribution >= 4 is 29.1 Å². The molecule has 0 unspecified atom stereocenters. The third-order valence-corrected chi connectivity index (χ3v) is 5.60. The van der Waals surface area contributed by atoms with Gasteiger partial charge in [-0.05, 0) is 48.7 Å². The minimum atomic E-state index is -0.121. The molecule has 2 N–H and O–H groups in total. The number of hydrogen-bond acceptors (Lipinski definition) is 4. The lowest BCUT2D eigenvalue weighted by molar-refractivity contribution is -0.132. The fourth-order valence-corrected chi connectivity index (χ4v) is 3.63. The van der Waals surface area contributed by atoms with E-state index in [0.717, 1.165) is 28.1 Å². The number of carbonyl (C=O) groups excluding carboxylic acids is 3. The van der Waals surface area contributed by atoms with Crippen molar-refractivity contribution in [2.24, 2.45) is 0 Å². The van der Waals surface area contributed by atoms with Gasteiger partial charge in [0.05, 0.1) is 13.0 Å². The minimum absolute atomic E-state index is 0.0345. The molecule has 0 atom stereocenters. The Hall–Kier alpha value is -3.19. The molecule has 0 aliphatic carbocycles. The fourth-order valence-electron chi connectivity index (χ4n) is 3.63. The number of benzene rings is 2. The second-order valence-corrected chi connectivity index (χ2v) is 8.01. The molecule has 1 aliphatic rings. The molecule has 1 fully saturated rings. The number of amides is 3. The highest BCUT2D eigenvalue weighted by molar-refractivity contribution is 5.93. The van der Waals surface area contributed by atoms with Crippen molar-refractivity contribution in [3.63, 3.8) is 0 Å². The summed E-state index contributed by atoms with van der Waals surface area (Å²) in [5, 5.41) is 5.71. The summed E-state index contributed by atoms with van der Waals surface area (Å²) in [6.07, 6.45) is 0.327. The maximum atomic E-state index is 12.6. The Bertz CT molecular complexity index is 948. The van der Waals surface area contributed by atoms with Crippen molar-refractivity contribution < 1.29 is 14.4 Å². The first-order valence-electron chi connectivity index (χ1n) is 10.5. The first kappa shape index (κ1) is 22.5. The third kappa shape index (κ3) is 6.39. The van der Waals surface area contributed by atoms with Crippen LogP contribution in [-0.2, 0) is 20.8 Å². The summed E-state index contributed by atoms with van der Waals surface area (Å²) in [5.41, 5.74) is 4.71. The number of rotatable bonds is 6. The molecule has 1 saturated heterocycles. The Kier molecular flexibility index (Phi) is 7.41. The van der Waals surface area contributed by atoms with Gasteiger partial charge in [0.2, 0.25) is 17.7 Å². The smallest absolute Gasteiger partial charge is 0.238 e. The molecule has 3 rings (SSSR count). The average molecular weight is 423 g/mol. The van der Waals surface area contributed by atoms with Crippen LogP contribution in [0, 0.1) is 13.8 Å². The average Bonchev–Trinajstić information content (AvgIpc) is 2.73.